The van der Waals surface area contributed by atoms with Crippen molar-refractivity contribution in [3.63, 3.8) is 0 Å². The van der Waals surface area contributed by atoms with E-state index < -0.39 is 5.97 Å². The molecular formula is C27H24N2O3. The standard InChI is InChI=1S/C27H24N2O3/c1-3-21(22-10-6-5-9-19(22)17-30)27(18-13-14-24-20(15-18)16-28-29-24)23-11-7-8-12-25(23)32-26(31)4-2/h4-16,30H,2-3,17H2,1H3,(H,28,29)/b27-21+. The van der Waals surface area contributed by atoms with Gasteiger partial charge in [-0.15, -0.1) is 0 Å². The molecular weight excluding hydrogens is 400 g/mol. The third-order valence-electron chi connectivity index (χ3n) is 5.43. The van der Waals surface area contributed by atoms with Gasteiger partial charge in [-0.05, 0) is 52.5 Å². The average Bonchev–Trinajstić information content (AvgIpc) is 3.31. The van der Waals surface area contributed by atoms with Crippen molar-refractivity contribution in [2.24, 2.45) is 0 Å². The van der Waals surface area contributed by atoms with Crippen molar-refractivity contribution in [1.29, 1.82) is 0 Å². The Balaban J connectivity index is 2.05. The zero-order valence-corrected chi connectivity index (χ0v) is 17.8. The number of aliphatic hydroxyl groups is 1. The van der Waals surface area contributed by atoms with Gasteiger partial charge in [0.2, 0.25) is 0 Å². The molecule has 0 bridgehead atoms. The summed E-state index contributed by atoms with van der Waals surface area (Å²) in [6.07, 6.45) is 3.65. The summed E-state index contributed by atoms with van der Waals surface area (Å²) in [5, 5.41) is 18.1. The Labute approximate surface area is 186 Å². The Morgan fingerprint density at radius 3 is 2.59 bits per heavy atom. The van der Waals surface area contributed by atoms with Crippen LogP contribution in [0.5, 0.6) is 5.75 Å². The summed E-state index contributed by atoms with van der Waals surface area (Å²) < 4.78 is 5.60. The summed E-state index contributed by atoms with van der Waals surface area (Å²) in [6, 6.07) is 21.4. The number of carbonyl (C=O) groups excluding carboxylic acids is 1. The number of nitrogens with zero attached hydrogens (tertiary/aromatic N) is 1. The van der Waals surface area contributed by atoms with E-state index in [0.29, 0.717) is 12.2 Å². The Morgan fingerprint density at radius 1 is 1.09 bits per heavy atom. The largest absolute Gasteiger partial charge is 0.423 e. The topological polar surface area (TPSA) is 75.2 Å². The highest BCUT2D eigenvalue weighted by Crippen LogP contribution is 2.40. The summed E-state index contributed by atoms with van der Waals surface area (Å²) >= 11 is 0. The maximum Gasteiger partial charge on any atom is 0.335 e. The molecule has 0 aliphatic carbocycles. The predicted octanol–water partition coefficient (Wildman–Crippen LogP) is 5.52. The zero-order chi connectivity index (χ0) is 22.5. The van der Waals surface area contributed by atoms with Crippen LogP contribution in [0.25, 0.3) is 22.0 Å². The molecule has 0 aliphatic rings. The first-order valence-corrected chi connectivity index (χ1v) is 10.5. The van der Waals surface area contributed by atoms with Gasteiger partial charge in [-0.1, -0.05) is 62.0 Å². The summed E-state index contributed by atoms with van der Waals surface area (Å²) in [5.41, 5.74) is 6.47. The Hall–Kier alpha value is -3.96. The molecule has 1 aromatic heterocycles. The number of aromatic amines is 1. The van der Waals surface area contributed by atoms with Gasteiger partial charge in [-0.3, -0.25) is 5.10 Å². The number of esters is 1. The predicted molar refractivity (Wildman–Crippen MR) is 127 cm³/mol. The molecule has 160 valence electrons. The van der Waals surface area contributed by atoms with E-state index in [9.17, 15) is 9.90 Å². The van der Waals surface area contributed by atoms with Crippen LogP contribution in [0.15, 0.2) is 85.6 Å². The highest BCUT2D eigenvalue weighted by Gasteiger charge is 2.19. The third kappa shape index (κ3) is 4.11. The molecule has 5 heteroatoms. The van der Waals surface area contributed by atoms with Crippen LogP contribution in [0, 0.1) is 0 Å². The Kier molecular flexibility index (Phi) is 6.29. The van der Waals surface area contributed by atoms with E-state index >= 15 is 0 Å². The molecule has 32 heavy (non-hydrogen) atoms. The van der Waals surface area contributed by atoms with Crippen LogP contribution in [-0.4, -0.2) is 21.3 Å². The molecule has 0 saturated heterocycles. The van der Waals surface area contributed by atoms with Gasteiger partial charge in [0.25, 0.3) is 0 Å². The minimum Gasteiger partial charge on any atom is -0.423 e. The Morgan fingerprint density at radius 2 is 1.84 bits per heavy atom. The number of rotatable bonds is 7. The van der Waals surface area contributed by atoms with E-state index in [2.05, 4.69) is 29.8 Å². The molecule has 0 aliphatic heterocycles. The second-order valence-electron chi connectivity index (χ2n) is 7.32. The fraction of sp³-hybridized carbons (Fsp3) is 0.111. The Bertz CT molecular complexity index is 1320. The van der Waals surface area contributed by atoms with Gasteiger partial charge in [0.15, 0.2) is 0 Å². The van der Waals surface area contributed by atoms with Gasteiger partial charge in [-0.25, -0.2) is 4.79 Å². The van der Waals surface area contributed by atoms with Crippen molar-refractivity contribution >= 4 is 28.0 Å². The maximum absolute atomic E-state index is 12.0. The number of ether oxygens (including phenoxy) is 1. The second kappa shape index (κ2) is 9.45. The molecule has 0 atom stereocenters. The monoisotopic (exact) mass is 424 g/mol. The SMILES string of the molecule is C=CC(=O)Oc1ccccc1/C(=C(\CC)c1ccccc1CO)c1ccc2[nH]ncc2c1. The van der Waals surface area contributed by atoms with E-state index in [0.717, 1.165) is 50.4 Å². The number of nitrogens with one attached hydrogen (secondary N) is 1. The van der Waals surface area contributed by atoms with Crippen molar-refractivity contribution in [2.45, 2.75) is 20.0 Å². The molecule has 0 fully saturated rings. The first kappa shape index (κ1) is 21.3. The minimum atomic E-state index is -0.518. The number of benzene rings is 3. The highest BCUT2D eigenvalue weighted by atomic mass is 16.5. The van der Waals surface area contributed by atoms with Crippen molar-refractivity contribution in [3.05, 3.63) is 108 Å². The van der Waals surface area contributed by atoms with Crippen LogP contribution in [0.4, 0.5) is 0 Å². The number of allylic oxidation sites excluding steroid dienone is 1. The quantitative estimate of drug-likeness (QED) is 0.177. The third-order valence-corrected chi connectivity index (χ3v) is 5.43. The molecule has 0 unspecified atom stereocenters. The lowest BCUT2D eigenvalue weighted by Gasteiger charge is -2.20. The molecule has 5 nitrogen and oxygen atoms in total. The molecule has 0 amide bonds. The van der Waals surface area contributed by atoms with Crippen LogP contribution in [0.1, 0.15) is 35.6 Å². The molecule has 0 radical (unpaired) electrons. The van der Waals surface area contributed by atoms with Crippen LogP contribution in [0.2, 0.25) is 0 Å². The van der Waals surface area contributed by atoms with Gasteiger partial charge >= 0.3 is 5.97 Å². The van der Waals surface area contributed by atoms with Crippen molar-refractivity contribution in [2.75, 3.05) is 0 Å². The zero-order valence-electron chi connectivity index (χ0n) is 17.8. The number of aliphatic hydroxyl groups excluding tert-OH is 1. The van der Waals surface area contributed by atoms with Gasteiger partial charge in [0, 0.05) is 17.0 Å². The van der Waals surface area contributed by atoms with E-state index in [1.807, 2.05) is 54.6 Å². The number of para-hydroxylation sites is 1. The maximum atomic E-state index is 12.0. The minimum absolute atomic E-state index is 0.0686. The molecule has 3 aromatic carbocycles. The molecule has 4 rings (SSSR count). The smallest absolute Gasteiger partial charge is 0.335 e. The number of aromatic nitrogens is 2. The highest BCUT2D eigenvalue weighted by molar-refractivity contribution is 6.02. The number of hydrogen-bond donors (Lipinski definition) is 2. The fourth-order valence-corrected chi connectivity index (χ4v) is 3.96. The molecule has 0 spiro atoms. The number of hydrogen-bond acceptors (Lipinski definition) is 4. The first-order chi connectivity index (χ1) is 15.7. The van der Waals surface area contributed by atoms with Crippen LogP contribution < -0.4 is 4.74 Å². The summed E-state index contributed by atoms with van der Waals surface area (Å²) in [6.45, 7) is 5.53. The van der Waals surface area contributed by atoms with E-state index in [1.54, 1.807) is 12.3 Å². The van der Waals surface area contributed by atoms with Crippen molar-refractivity contribution in [1.82, 2.24) is 10.2 Å². The van der Waals surface area contributed by atoms with Gasteiger partial charge < -0.3 is 9.84 Å². The molecule has 2 N–H and O–H groups in total. The van der Waals surface area contributed by atoms with E-state index in [-0.39, 0.29) is 6.61 Å². The first-order valence-electron chi connectivity index (χ1n) is 10.5. The summed E-state index contributed by atoms with van der Waals surface area (Å²) in [4.78, 5) is 12.0. The van der Waals surface area contributed by atoms with Gasteiger partial charge in [0.05, 0.1) is 18.3 Å². The molecule has 0 saturated carbocycles. The second-order valence-corrected chi connectivity index (χ2v) is 7.32. The summed E-state index contributed by atoms with van der Waals surface area (Å²) in [7, 11) is 0. The number of H-pyrrole nitrogens is 1. The van der Waals surface area contributed by atoms with Crippen molar-refractivity contribution < 1.29 is 14.6 Å². The average molecular weight is 425 g/mol. The summed E-state index contributed by atoms with van der Waals surface area (Å²) in [5.74, 6) is -0.0667. The van der Waals surface area contributed by atoms with Crippen LogP contribution in [-0.2, 0) is 11.4 Å². The fourth-order valence-electron chi connectivity index (χ4n) is 3.96. The van der Waals surface area contributed by atoms with Gasteiger partial charge in [-0.2, -0.15) is 5.10 Å². The van der Waals surface area contributed by atoms with Crippen LogP contribution in [0.3, 0.4) is 0 Å². The van der Waals surface area contributed by atoms with Gasteiger partial charge in [0.1, 0.15) is 5.75 Å². The molecule has 4 aromatic rings. The van der Waals surface area contributed by atoms with E-state index in [1.165, 1.54) is 0 Å². The lowest BCUT2D eigenvalue weighted by molar-refractivity contribution is -0.128. The lowest BCUT2D eigenvalue weighted by atomic mass is 9.86. The van der Waals surface area contributed by atoms with E-state index in [4.69, 9.17) is 4.74 Å². The lowest BCUT2D eigenvalue weighted by Crippen LogP contribution is -2.06. The number of carbonyl (C=O) groups is 1. The van der Waals surface area contributed by atoms with Crippen molar-refractivity contribution in [3.8, 4) is 5.75 Å². The van der Waals surface area contributed by atoms with Crippen LogP contribution >= 0.6 is 0 Å². The molecule has 1 heterocycles. The normalized spacial score (nSPS) is 11.8. The number of fused-ring (bicyclic) bond motifs is 1.